The number of nitro groups is 1. The molecular formula is C16H23FN2O2. The fraction of sp³-hybridized carbons (Fsp3) is 0.625. The molecule has 1 fully saturated rings. The van der Waals surface area contributed by atoms with Crippen LogP contribution in [0.2, 0.25) is 0 Å². The number of hydrogen-bond acceptors (Lipinski definition) is 3. The highest BCUT2D eigenvalue weighted by Gasteiger charge is 2.27. The first-order valence-corrected chi connectivity index (χ1v) is 7.64. The van der Waals surface area contributed by atoms with E-state index >= 15 is 0 Å². The molecule has 5 heteroatoms. The van der Waals surface area contributed by atoms with Gasteiger partial charge < -0.3 is 5.32 Å². The lowest BCUT2D eigenvalue weighted by Gasteiger charge is -2.35. The first kappa shape index (κ1) is 15.9. The molecule has 0 heterocycles. The summed E-state index contributed by atoms with van der Waals surface area (Å²) in [7, 11) is 0. The van der Waals surface area contributed by atoms with Crippen molar-refractivity contribution in [2.45, 2.75) is 52.1 Å². The summed E-state index contributed by atoms with van der Waals surface area (Å²) in [5.74, 6) is 0.692. The van der Waals surface area contributed by atoms with Crippen molar-refractivity contribution in [1.29, 1.82) is 0 Å². The Balaban J connectivity index is 2.03. The van der Waals surface area contributed by atoms with Crippen molar-refractivity contribution in [3.8, 4) is 0 Å². The molecule has 2 rings (SSSR count). The van der Waals surface area contributed by atoms with Gasteiger partial charge in [-0.1, -0.05) is 26.7 Å². The van der Waals surface area contributed by atoms with E-state index in [1.54, 1.807) is 0 Å². The average Bonchev–Trinajstić information content (AvgIpc) is 2.44. The van der Waals surface area contributed by atoms with E-state index in [1.807, 2.05) is 0 Å². The third-order valence-electron chi connectivity index (χ3n) is 4.40. The van der Waals surface area contributed by atoms with Crippen molar-refractivity contribution in [3.05, 3.63) is 39.7 Å². The van der Waals surface area contributed by atoms with Crippen LogP contribution in [0.3, 0.4) is 0 Å². The maximum atomic E-state index is 13.4. The SMILES string of the molecule is CC(C)C1CCCCC1NCc1cc(F)cc([N+](=O)[O-])c1. The van der Waals surface area contributed by atoms with Crippen molar-refractivity contribution in [3.63, 3.8) is 0 Å². The van der Waals surface area contributed by atoms with E-state index < -0.39 is 10.7 Å². The van der Waals surface area contributed by atoms with Crippen LogP contribution in [0, 0.1) is 27.8 Å². The summed E-state index contributed by atoms with van der Waals surface area (Å²) in [6.45, 7) is 4.95. The number of rotatable bonds is 5. The van der Waals surface area contributed by atoms with E-state index in [4.69, 9.17) is 0 Å². The molecule has 1 saturated carbocycles. The number of nitro benzene ring substituents is 1. The van der Waals surface area contributed by atoms with Crippen molar-refractivity contribution < 1.29 is 9.31 Å². The van der Waals surface area contributed by atoms with Gasteiger partial charge in [-0.3, -0.25) is 10.1 Å². The van der Waals surface area contributed by atoms with E-state index in [2.05, 4.69) is 19.2 Å². The first-order chi connectivity index (χ1) is 9.97. The molecule has 4 nitrogen and oxygen atoms in total. The molecule has 0 aliphatic heterocycles. The van der Waals surface area contributed by atoms with Gasteiger partial charge in [0.05, 0.1) is 11.0 Å². The maximum absolute atomic E-state index is 13.4. The number of non-ortho nitro benzene ring substituents is 1. The van der Waals surface area contributed by atoms with Crippen LogP contribution in [0.15, 0.2) is 18.2 Å². The van der Waals surface area contributed by atoms with Gasteiger partial charge in [0, 0.05) is 18.7 Å². The smallest absolute Gasteiger partial charge is 0.272 e. The standard InChI is InChI=1S/C16H23FN2O2/c1-11(2)15-5-3-4-6-16(15)18-10-12-7-13(17)9-14(8-12)19(20)21/h7-9,11,15-16,18H,3-6,10H2,1-2H3. The molecule has 1 aromatic rings. The van der Waals surface area contributed by atoms with Crippen LogP contribution in [0.4, 0.5) is 10.1 Å². The minimum Gasteiger partial charge on any atom is -0.310 e. The van der Waals surface area contributed by atoms with E-state index in [0.29, 0.717) is 30.0 Å². The minimum atomic E-state index is -0.551. The molecule has 0 saturated heterocycles. The van der Waals surface area contributed by atoms with E-state index in [1.165, 1.54) is 31.4 Å². The predicted octanol–water partition coefficient (Wildman–Crippen LogP) is 4.04. The second kappa shape index (κ2) is 6.98. The molecule has 1 aromatic carbocycles. The van der Waals surface area contributed by atoms with Crippen molar-refractivity contribution in [2.75, 3.05) is 0 Å². The van der Waals surface area contributed by atoms with Crippen molar-refractivity contribution >= 4 is 5.69 Å². The maximum Gasteiger partial charge on any atom is 0.272 e. The lowest BCUT2D eigenvalue weighted by atomic mass is 9.78. The largest absolute Gasteiger partial charge is 0.310 e. The van der Waals surface area contributed by atoms with Crippen LogP contribution in [0.25, 0.3) is 0 Å². The van der Waals surface area contributed by atoms with Crippen LogP contribution in [-0.2, 0) is 6.54 Å². The van der Waals surface area contributed by atoms with E-state index in [9.17, 15) is 14.5 Å². The molecule has 0 amide bonds. The summed E-state index contributed by atoms with van der Waals surface area (Å²) in [5, 5.41) is 14.2. The molecule has 1 aliphatic rings. The second-order valence-corrected chi connectivity index (χ2v) is 6.25. The fourth-order valence-corrected chi connectivity index (χ4v) is 3.30. The second-order valence-electron chi connectivity index (χ2n) is 6.25. The number of benzene rings is 1. The van der Waals surface area contributed by atoms with Crippen LogP contribution < -0.4 is 5.32 Å². The van der Waals surface area contributed by atoms with Gasteiger partial charge in [-0.25, -0.2) is 4.39 Å². The monoisotopic (exact) mass is 294 g/mol. The Hall–Kier alpha value is -1.49. The van der Waals surface area contributed by atoms with Crippen LogP contribution in [0.5, 0.6) is 0 Å². The molecule has 0 spiro atoms. The molecule has 21 heavy (non-hydrogen) atoms. The minimum absolute atomic E-state index is 0.184. The third kappa shape index (κ3) is 4.24. The van der Waals surface area contributed by atoms with Gasteiger partial charge in [0.25, 0.3) is 5.69 Å². The predicted molar refractivity (Wildman–Crippen MR) is 80.5 cm³/mol. The Morgan fingerprint density at radius 1 is 1.33 bits per heavy atom. The molecule has 0 bridgehead atoms. The highest BCUT2D eigenvalue weighted by atomic mass is 19.1. The summed E-state index contributed by atoms with van der Waals surface area (Å²) in [6.07, 6.45) is 4.83. The number of nitrogens with one attached hydrogen (secondary N) is 1. The summed E-state index contributed by atoms with van der Waals surface area (Å²) < 4.78 is 13.4. The topological polar surface area (TPSA) is 55.2 Å². The molecule has 0 aromatic heterocycles. The molecule has 1 aliphatic carbocycles. The van der Waals surface area contributed by atoms with Gasteiger partial charge in [-0.15, -0.1) is 0 Å². The molecule has 2 unspecified atom stereocenters. The van der Waals surface area contributed by atoms with Gasteiger partial charge in [0.15, 0.2) is 0 Å². The van der Waals surface area contributed by atoms with Gasteiger partial charge in [-0.2, -0.15) is 0 Å². The molecular weight excluding hydrogens is 271 g/mol. The Bertz CT molecular complexity index is 505. The van der Waals surface area contributed by atoms with E-state index in [0.717, 1.165) is 12.5 Å². The Labute approximate surface area is 124 Å². The Kier molecular flexibility index (Phi) is 5.28. The summed E-state index contributed by atoms with van der Waals surface area (Å²) >= 11 is 0. The van der Waals surface area contributed by atoms with Gasteiger partial charge in [0.1, 0.15) is 5.82 Å². The lowest BCUT2D eigenvalue weighted by Crippen LogP contribution is -2.40. The van der Waals surface area contributed by atoms with Gasteiger partial charge >= 0.3 is 0 Å². The van der Waals surface area contributed by atoms with Gasteiger partial charge in [-0.05, 0) is 36.3 Å². The fourth-order valence-electron chi connectivity index (χ4n) is 3.30. The zero-order valence-electron chi connectivity index (χ0n) is 12.6. The van der Waals surface area contributed by atoms with E-state index in [-0.39, 0.29) is 5.69 Å². The summed E-state index contributed by atoms with van der Waals surface area (Å²) in [4.78, 5) is 10.2. The molecule has 1 N–H and O–H groups in total. The zero-order chi connectivity index (χ0) is 15.4. The van der Waals surface area contributed by atoms with Crippen molar-refractivity contribution in [1.82, 2.24) is 5.32 Å². The number of hydrogen-bond donors (Lipinski definition) is 1. The third-order valence-corrected chi connectivity index (χ3v) is 4.40. The average molecular weight is 294 g/mol. The normalized spacial score (nSPS) is 22.5. The number of nitrogens with zero attached hydrogens (tertiary/aromatic N) is 1. The van der Waals surface area contributed by atoms with Crippen LogP contribution in [-0.4, -0.2) is 11.0 Å². The molecule has 2 atom stereocenters. The number of halogens is 1. The van der Waals surface area contributed by atoms with Crippen LogP contribution in [0.1, 0.15) is 45.1 Å². The molecule has 0 radical (unpaired) electrons. The Morgan fingerprint density at radius 2 is 2.05 bits per heavy atom. The summed E-state index contributed by atoms with van der Waals surface area (Å²) in [6, 6.07) is 4.19. The van der Waals surface area contributed by atoms with Crippen molar-refractivity contribution in [2.24, 2.45) is 11.8 Å². The highest BCUT2D eigenvalue weighted by Crippen LogP contribution is 2.30. The first-order valence-electron chi connectivity index (χ1n) is 7.64. The van der Waals surface area contributed by atoms with Crippen LogP contribution >= 0.6 is 0 Å². The zero-order valence-corrected chi connectivity index (χ0v) is 12.6. The Morgan fingerprint density at radius 3 is 2.71 bits per heavy atom. The lowest BCUT2D eigenvalue weighted by molar-refractivity contribution is -0.385. The quantitative estimate of drug-likeness (QED) is 0.658. The van der Waals surface area contributed by atoms with Gasteiger partial charge in [0.2, 0.25) is 0 Å². The summed E-state index contributed by atoms with van der Waals surface area (Å²) in [5.41, 5.74) is 0.450. The molecule has 116 valence electrons. The highest BCUT2D eigenvalue weighted by molar-refractivity contribution is 5.35.